The summed E-state index contributed by atoms with van der Waals surface area (Å²) in [5.41, 5.74) is -0.617. The van der Waals surface area contributed by atoms with Crippen molar-refractivity contribution >= 4 is 11.8 Å². The quantitative estimate of drug-likeness (QED) is 0.308. The Morgan fingerprint density at radius 3 is 2.54 bits per heavy atom. The van der Waals surface area contributed by atoms with Crippen LogP contribution in [-0.4, -0.2) is 23.8 Å². The number of hydrogen-bond acceptors (Lipinski definition) is 2. The van der Waals surface area contributed by atoms with Gasteiger partial charge in [0, 0.05) is 13.0 Å². The molecule has 2 amide bonds. The Kier molecular flexibility index (Phi) is 1.05. The van der Waals surface area contributed by atoms with Gasteiger partial charge in [0.15, 0.2) is 0 Å². The van der Waals surface area contributed by atoms with Crippen LogP contribution >= 0.6 is 0 Å². The van der Waals surface area contributed by atoms with Crippen LogP contribution < -0.4 is 0 Å². The highest BCUT2D eigenvalue weighted by Crippen LogP contribution is 2.57. The van der Waals surface area contributed by atoms with Gasteiger partial charge in [-0.15, -0.1) is 0 Å². The minimum absolute atomic E-state index is 0.0364. The monoisotopic (exact) mass is 177 g/mol. The molecule has 2 aliphatic carbocycles. The molecule has 2 unspecified atom stereocenters. The van der Waals surface area contributed by atoms with Crippen molar-refractivity contribution in [3.63, 3.8) is 0 Å². The van der Waals surface area contributed by atoms with E-state index in [-0.39, 0.29) is 17.7 Å². The van der Waals surface area contributed by atoms with Crippen LogP contribution in [0.25, 0.3) is 0 Å². The molecule has 2 atom stereocenters. The van der Waals surface area contributed by atoms with Gasteiger partial charge in [0.1, 0.15) is 5.41 Å². The van der Waals surface area contributed by atoms with Gasteiger partial charge in [-0.05, 0) is 18.8 Å². The van der Waals surface area contributed by atoms with Crippen LogP contribution in [0.4, 0.5) is 0 Å². The fourth-order valence-corrected chi connectivity index (χ4v) is 3.08. The molecule has 3 aliphatic rings. The van der Waals surface area contributed by atoms with E-state index in [0.717, 1.165) is 12.8 Å². The third-order valence-electron chi connectivity index (χ3n) is 3.76. The number of rotatable bonds is 0. The molecule has 2 fully saturated rings. The van der Waals surface area contributed by atoms with Gasteiger partial charge < -0.3 is 0 Å². The van der Waals surface area contributed by atoms with Crippen LogP contribution in [0.1, 0.15) is 12.8 Å². The topological polar surface area (TPSA) is 37.4 Å². The molecule has 0 aromatic heterocycles. The van der Waals surface area contributed by atoms with E-state index in [9.17, 15) is 9.59 Å². The second-order valence-electron chi connectivity index (χ2n) is 4.33. The summed E-state index contributed by atoms with van der Waals surface area (Å²) < 4.78 is 0. The lowest BCUT2D eigenvalue weighted by atomic mass is 9.68. The Balaban J connectivity index is 2.05. The first-order valence-corrected chi connectivity index (χ1v) is 4.67. The molecule has 0 radical (unpaired) electrons. The average molecular weight is 177 g/mol. The number of hydrogen-bond donors (Lipinski definition) is 0. The number of carbonyl (C=O) groups is 2. The van der Waals surface area contributed by atoms with Crippen molar-refractivity contribution in [2.24, 2.45) is 17.3 Å². The molecule has 2 bridgehead atoms. The number of allylic oxidation sites excluding steroid dienone is 2. The van der Waals surface area contributed by atoms with Gasteiger partial charge in [0.25, 0.3) is 0 Å². The fraction of sp³-hybridized carbons (Fsp3) is 0.600. The summed E-state index contributed by atoms with van der Waals surface area (Å²) in [5, 5.41) is 0. The first kappa shape index (κ1) is 7.30. The van der Waals surface area contributed by atoms with Crippen LogP contribution in [0.15, 0.2) is 12.2 Å². The van der Waals surface area contributed by atoms with Gasteiger partial charge in [-0.2, -0.15) is 0 Å². The zero-order valence-corrected chi connectivity index (χ0v) is 7.49. The molecule has 1 saturated carbocycles. The van der Waals surface area contributed by atoms with E-state index in [2.05, 4.69) is 12.2 Å². The van der Waals surface area contributed by atoms with Gasteiger partial charge in [-0.3, -0.25) is 14.5 Å². The van der Waals surface area contributed by atoms with Crippen LogP contribution in [0.3, 0.4) is 0 Å². The smallest absolute Gasteiger partial charge is 0.245 e. The summed E-state index contributed by atoms with van der Waals surface area (Å²) in [6.45, 7) is 0. The van der Waals surface area contributed by atoms with E-state index in [1.54, 1.807) is 7.05 Å². The summed E-state index contributed by atoms with van der Waals surface area (Å²) >= 11 is 0. The number of β-lactam (4-membered cyclic amide) rings is 2. The van der Waals surface area contributed by atoms with Gasteiger partial charge in [-0.1, -0.05) is 12.2 Å². The molecule has 1 spiro atoms. The summed E-state index contributed by atoms with van der Waals surface area (Å²) in [7, 11) is 1.58. The highest BCUT2D eigenvalue weighted by molar-refractivity contribution is 6.22. The normalized spacial score (nSPS) is 39.0. The Bertz CT molecular complexity index is 329. The van der Waals surface area contributed by atoms with Crippen molar-refractivity contribution in [3.05, 3.63) is 12.2 Å². The summed E-state index contributed by atoms with van der Waals surface area (Å²) in [6.07, 6.45) is 5.97. The Morgan fingerprint density at radius 2 is 2.08 bits per heavy atom. The van der Waals surface area contributed by atoms with Crippen molar-refractivity contribution in [2.75, 3.05) is 7.05 Å². The van der Waals surface area contributed by atoms with Crippen LogP contribution in [0, 0.1) is 17.3 Å². The van der Waals surface area contributed by atoms with Gasteiger partial charge >= 0.3 is 0 Å². The molecular weight excluding hydrogens is 166 g/mol. The Morgan fingerprint density at radius 1 is 1.38 bits per heavy atom. The second kappa shape index (κ2) is 1.86. The standard InChI is InChI=1S/C10H11NO2/c1-11-8(12)10(9(11)13)5-6-2-3-7(10)4-6/h2-3,6-7H,4-5H2,1H3. The van der Waals surface area contributed by atoms with E-state index in [1.807, 2.05) is 0 Å². The number of carbonyl (C=O) groups excluding carboxylic acids is 2. The fourth-order valence-electron chi connectivity index (χ4n) is 3.08. The van der Waals surface area contributed by atoms with Crippen LogP contribution in [-0.2, 0) is 9.59 Å². The van der Waals surface area contributed by atoms with Crippen LogP contribution in [0.2, 0.25) is 0 Å². The zero-order chi connectivity index (χ0) is 9.22. The lowest BCUT2D eigenvalue weighted by Gasteiger charge is -2.45. The molecule has 1 aliphatic heterocycles. The minimum Gasteiger partial charge on any atom is -0.284 e. The predicted molar refractivity (Wildman–Crippen MR) is 45.6 cm³/mol. The maximum atomic E-state index is 11.7. The average Bonchev–Trinajstić information content (AvgIpc) is 2.75. The molecule has 3 nitrogen and oxygen atoms in total. The van der Waals surface area contributed by atoms with E-state index in [4.69, 9.17) is 0 Å². The Labute approximate surface area is 76.4 Å². The highest BCUT2D eigenvalue weighted by atomic mass is 16.2. The molecular formula is C10H11NO2. The predicted octanol–water partition coefficient (Wildman–Crippen LogP) is 0.567. The lowest BCUT2D eigenvalue weighted by molar-refractivity contribution is -0.177. The van der Waals surface area contributed by atoms with Crippen molar-refractivity contribution in [2.45, 2.75) is 12.8 Å². The molecule has 13 heavy (non-hydrogen) atoms. The van der Waals surface area contributed by atoms with Gasteiger partial charge in [0.2, 0.25) is 11.8 Å². The van der Waals surface area contributed by atoms with Crippen molar-refractivity contribution in [1.29, 1.82) is 0 Å². The number of fused-ring (bicyclic) bond motifs is 3. The third-order valence-corrected chi connectivity index (χ3v) is 3.76. The molecule has 68 valence electrons. The minimum atomic E-state index is -0.617. The molecule has 0 aromatic rings. The number of amides is 2. The van der Waals surface area contributed by atoms with Gasteiger partial charge in [-0.25, -0.2) is 0 Å². The Hall–Kier alpha value is -1.12. The van der Waals surface area contributed by atoms with E-state index >= 15 is 0 Å². The van der Waals surface area contributed by atoms with Crippen molar-refractivity contribution in [1.82, 2.24) is 4.90 Å². The molecule has 1 heterocycles. The molecule has 3 heteroatoms. The summed E-state index contributed by atoms with van der Waals surface area (Å²) in [4.78, 5) is 24.6. The third kappa shape index (κ3) is 0.568. The summed E-state index contributed by atoms with van der Waals surface area (Å²) in [5.74, 6) is 0.754. The molecule has 3 rings (SSSR count). The maximum absolute atomic E-state index is 11.7. The van der Waals surface area contributed by atoms with E-state index in [0.29, 0.717) is 5.92 Å². The number of imide groups is 1. The number of likely N-dealkylation sites (tertiary alicyclic amines) is 1. The molecule has 0 N–H and O–H groups in total. The SMILES string of the molecule is CN1C(=O)C2(CC3C=CC2C3)C1=O. The first-order valence-electron chi connectivity index (χ1n) is 4.67. The van der Waals surface area contributed by atoms with Crippen molar-refractivity contribution in [3.8, 4) is 0 Å². The lowest BCUT2D eigenvalue weighted by Crippen LogP contribution is -2.66. The second-order valence-corrected chi connectivity index (χ2v) is 4.33. The van der Waals surface area contributed by atoms with Crippen molar-refractivity contribution < 1.29 is 9.59 Å². The molecule has 1 saturated heterocycles. The summed E-state index contributed by atoms with van der Waals surface area (Å²) in [6, 6.07) is 0. The molecule has 0 aromatic carbocycles. The van der Waals surface area contributed by atoms with Crippen LogP contribution in [0.5, 0.6) is 0 Å². The maximum Gasteiger partial charge on any atom is 0.245 e. The van der Waals surface area contributed by atoms with Gasteiger partial charge in [0.05, 0.1) is 0 Å². The largest absolute Gasteiger partial charge is 0.284 e. The van der Waals surface area contributed by atoms with E-state index in [1.165, 1.54) is 4.90 Å². The first-order chi connectivity index (χ1) is 6.16. The zero-order valence-electron chi connectivity index (χ0n) is 7.49. The highest BCUT2D eigenvalue weighted by Gasteiger charge is 2.67. The number of nitrogens with zero attached hydrogens (tertiary/aromatic N) is 1. The van der Waals surface area contributed by atoms with E-state index < -0.39 is 5.41 Å².